The Morgan fingerprint density at radius 2 is 1.70 bits per heavy atom. The van der Waals surface area contributed by atoms with E-state index in [2.05, 4.69) is 15.9 Å². The van der Waals surface area contributed by atoms with E-state index < -0.39 is 17.9 Å². The summed E-state index contributed by atoms with van der Waals surface area (Å²) in [5, 5.41) is 0. The number of hydrogen-bond donors (Lipinski definition) is 0. The molecule has 2 rings (SSSR count). The van der Waals surface area contributed by atoms with Crippen LogP contribution in [0.1, 0.15) is 27.6 Å². The first kappa shape index (κ1) is 17.1. The molecule has 0 heterocycles. The fourth-order valence-corrected chi connectivity index (χ4v) is 2.19. The van der Waals surface area contributed by atoms with Crippen LogP contribution in [0.25, 0.3) is 0 Å². The number of carbonyl (C=O) groups excluding carboxylic acids is 2. The van der Waals surface area contributed by atoms with Crippen LogP contribution in [0.3, 0.4) is 0 Å². The number of ketones is 1. The number of halogens is 2. The molecule has 0 saturated carbocycles. The van der Waals surface area contributed by atoms with Gasteiger partial charge in [0.2, 0.25) is 5.78 Å². The van der Waals surface area contributed by atoms with Crippen molar-refractivity contribution in [2.75, 3.05) is 7.11 Å². The number of esters is 1. The third kappa shape index (κ3) is 4.16. The van der Waals surface area contributed by atoms with Crippen LogP contribution in [-0.2, 0) is 4.74 Å². The third-order valence-corrected chi connectivity index (χ3v) is 3.70. The minimum atomic E-state index is -0.978. The van der Waals surface area contributed by atoms with E-state index in [0.29, 0.717) is 5.56 Å². The van der Waals surface area contributed by atoms with Gasteiger partial charge in [-0.05, 0) is 37.3 Å². The zero-order chi connectivity index (χ0) is 17.0. The molecule has 0 fully saturated rings. The summed E-state index contributed by atoms with van der Waals surface area (Å²) in [6.07, 6.45) is -0.978. The largest absolute Gasteiger partial charge is 0.494 e. The van der Waals surface area contributed by atoms with E-state index >= 15 is 0 Å². The van der Waals surface area contributed by atoms with E-state index in [1.54, 1.807) is 24.3 Å². The van der Waals surface area contributed by atoms with Gasteiger partial charge in [0.05, 0.1) is 12.7 Å². The molecule has 0 aromatic heterocycles. The van der Waals surface area contributed by atoms with Crippen molar-refractivity contribution >= 4 is 27.7 Å². The molecule has 0 aliphatic carbocycles. The summed E-state index contributed by atoms with van der Waals surface area (Å²) in [6, 6.07) is 10.4. The molecular weight excluding hydrogens is 367 g/mol. The number of methoxy groups -OCH3 is 1. The normalized spacial score (nSPS) is 11.7. The number of carbonyl (C=O) groups is 2. The van der Waals surface area contributed by atoms with Crippen molar-refractivity contribution in [3.63, 3.8) is 0 Å². The van der Waals surface area contributed by atoms with E-state index in [9.17, 15) is 14.0 Å². The number of Topliss-reactive ketones (excluding diaryl/α,β-unsaturated/α-hetero) is 1. The molecule has 0 saturated heterocycles. The van der Waals surface area contributed by atoms with Gasteiger partial charge in [-0.1, -0.05) is 28.1 Å². The highest BCUT2D eigenvalue weighted by atomic mass is 79.9. The average Bonchev–Trinajstić information content (AvgIpc) is 2.54. The fraction of sp³-hybridized carbons (Fsp3) is 0.176. The fourth-order valence-electron chi connectivity index (χ4n) is 1.92. The molecule has 0 N–H and O–H groups in total. The lowest BCUT2D eigenvalue weighted by atomic mass is 10.1. The lowest BCUT2D eigenvalue weighted by Crippen LogP contribution is -2.24. The molecular formula is C17H14BrFO4. The van der Waals surface area contributed by atoms with Crippen molar-refractivity contribution in [2.45, 2.75) is 13.0 Å². The van der Waals surface area contributed by atoms with Crippen LogP contribution in [0.4, 0.5) is 4.39 Å². The molecule has 1 atom stereocenters. The Morgan fingerprint density at radius 3 is 2.26 bits per heavy atom. The molecule has 0 unspecified atom stereocenters. The number of hydrogen-bond acceptors (Lipinski definition) is 4. The Labute approximate surface area is 141 Å². The molecule has 0 amide bonds. The number of rotatable bonds is 5. The van der Waals surface area contributed by atoms with Gasteiger partial charge in [0.15, 0.2) is 17.7 Å². The maximum Gasteiger partial charge on any atom is 0.338 e. The zero-order valence-corrected chi connectivity index (χ0v) is 14.1. The molecule has 0 aliphatic heterocycles. The average molecular weight is 381 g/mol. The minimum absolute atomic E-state index is 0.0127. The second-order valence-corrected chi connectivity index (χ2v) is 5.68. The van der Waals surface area contributed by atoms with Gasteiger partial charge in [0.1, 0.15) is 0 Å². The number of ether oxygens (including phenoxy) is 2. The highest BCUT2D eigenvalue weighted by Crippen LogP contribution is 2.19. The van der Waals surface area contributed by atoms with Crippen molar-refractivity contribution in [3.05, 3.63) is 63.9 Å². The zero-order valence-electron chi connectivity index (χ0n) is 12.5. The summed E-state index contributed by atoms with van der Waals surface area (Å²) in [6.45, 7) is 1.47. The smallest absolute Gasteiger partial charge is 0.338 e. The van der Waals surface area contributed by atoms with E-state index in [1.807, 2.05) is 0 Å². The lowest BCUT2D eigenvalue weighted by molar-refractivity contribution is 0.0318. The van der Waals surface area contributed by atoms with Gasteiger partial charge in [-0.3, -0.25) is 4.79 Å². The molecule has 0 bridgehead atoms. The van der Waals surface area contributed by atoms with Gasteiger partial charge in [0, 0.05) is 10.0 Å². The van der Waals surface area contributed by atoms with Crippen molar-refractivity contribution in [3.8, 4) is 5.75 Å². The highest BCUT2D eigenvalue weighted by molar-refractivity contribution is 9.10. The standard InChI is InChI=1S/C17H14BrFO4/c1-10(16(20)11-3-6-13(18)7-4-11)23-17(21)12-5-8-15(22-2)14(19)9-12/h3-10H,1-2H3/t10-/m1/s1. The Bertz CT molecular complexity index is 728. The van der Waals surface area contributed by atoms with E-state index in [1.165, 1.54) is 26.2 Å². The predicted octanol–water partition coefficient (Wildman–Crippen LogP) is 4.03. The second kappa shape index (κ2) is 7.37. The minimum Gasteiger partial charge on any atom is -0.494 e. The van der Waals surface area contributed by atoms with Crippen LogP contribution in [0.2, 0.25) is 0 Å². The van der Waals surface area contributed by atoms with Gasteiger partial charge >= 0.3 is 5.97 Å². The second-order valence-electron chi connectivity index (χ2n) is 4.77. The van der Waals surface area contributed by atoms with Crippen LogP contribution < -0.4 is 4.74 Å². The summed E-state index contributed by atoms with van der Waals surface area (Å²) in [5.74, 6) is -1.75. The topological polar surface area (TPSA) is 52.6 Å². The number of benzene rings is 2. The van der Waals surface area contributed by atoms with Crippen molar-refractivity contribution in [1.82, 2.24) is 0 Å². The Kier molecular flexibility index (Phi) is 5.50. The Hall–Kier alpha value is -2.21. The van der Waals surface area contributed by atoms with Crippen LogP contribution >= 0.6 is 15.9 Å². The first-order chi connectivity index (χ1) is 10.9. The molecule has 120 valence electrons. The summed E-state index contributed by atoms with van der Waals surface area (Å²) in [4.78, 5) is 24.2. The lowest BCUT2D eigenvalue weighted by Gasteiger charge is -2.13. The van der Waals surface area contributed by atoms with Crippen LogP contribution in [0.5, 0.6) is 5.75 Å². The molecule has 6 heteroatoms. The molecule has 0 radical (unpaired) electrons. The van der Waals surface area contributed by atoms with E-state index in [4.69, 9.17) is 9.47 Å². The summed E-state index contributed by atoms with van der Waals surface area (Å²) in [5.41, 5.74) is 0.438. The molecule has 2 aromatic rings. The third-order valence-electron chi connectivity index (χ3n) is 3.17. The monoisotopic (exact) mass is 380 g/mol. The molecule has 23 heavy (non-hydrogen) atoms. The van der Waals surface area contributed by atoms with Gasteiger partial charge in [0.25, 0.3) is 0 Å². The van der Waals surface area contributed by atoms with Crippen molar-refractivity contribution < 1.29 is 23.5 Å². The van der Waals surface area contributed by atoms with E-state index in [-0.39, 0.29) is 17.1 Å². The van der Waals surface area contributed by atoms with Crippen LogP contribution in [-0.4, -0.2) is 25.0 Å². The van der Waals surface area contributed by atoms with Crippen molar-refractivity contribution in [1.29, 1.82) is 0 Å². The van der Waals surface area contributed by atoms with Gasteiger partial charge < -0.3 is 9.47 Å². The maximum absolute atomic E-state index is 13.6. The van der Waals surface area contributed by atoms with Crippen LogP contribution in [0, 0.1) is 5.82 Å². The quantitative estimate of drug-likeness (QED) is 0.580. The first-order valence-electron chi connectivity index (χ1n) is 6.76. The summed E-state index contributed by atoms with van der Waals surface area (Å²) >= 11 is 3.28. The SMILES string of the molecule is COc1ccc(C(=O)O[C@H](C)C(=O)c2ccc(Br)cc2)cc1F. The Morgan fingerprint density at radius 1 is 1.09 bits per heavy atom. The van der Waals surface area contributed by atoms with Gasteiger partial charge in [-0.15, -0.1) is 0 Å². The first-order valence-corrected chi connectivity index (χ1v) is 7.56. The van der Waals surface area contributed by atoms with Crippen LogP contribution in [0.15, 0.2) is 46.9 Å². The molecule has 0 spiro atoms. The highest BCUT2D eigenvalue weighted by Gasteiger charge is 2.21. The molecule has 0 aliphatic rings. The molecule has 4 nitrogen and oxygen atoms in total. The van der Waals surface area contributed by atoms with Gasteiger partial charge in [-0.25, -0.2) is 9.18 Å². The van der Waals surface area contributed by atoms with E-state index in [0.717, 1.165) is 10.5 Å². The Balaban J connectivity index is 2.08. The van der Waals surface area contributed by atoms with Gasteiger partial charge in [-0.2, -0.15) is 0 Å². The summed E-state index contributed by atoms with van der Waals surface area (Å²) < 4.78 is 24.3. The van der Waals surface area contributed by atoms with Crippen molar-refractivity contribution in [2.24, 2.45) is 0 Å². The molecule has 2 aromatic carbocycles. The summed E-state index contributed by atoms with van der Waals surface area (Å²) in [7, 11) is 1.33. The maximum atomic E-state index is 13.6. The predicted molar refractivity (Wildman–Crippen MR) is 86.3 cm³/mol.